The number of amides is 2. The highest BCUT2D eigenvalue weighted by Crippen LogP contribution is 2.32. The van der Waals surface area contributed by atoms with Gasteiger partial charge in [0.15, 0.2) is 5.82 Å². The van der Waals surface area contributed by atoms with Gasteiger partial charge in [-0.15, -0.1) is 0 Å². The molecule has 0 bridgehead atoms. The number of likely N-dealkylation sites (N-methyl/N-ethyl adjacent to an activating group) is 1. The first-order chi connectivity index (χ1) is 10.6. The number of aromatic nitrogens is 3. The number of fused-ring (bicyclic) bond motifs is 1. The van der Waals surface area contributed by atoms with E-state index in [4.69, 9.17) is 0 Å². The van der Waals surface area contributed by atoms with Gasteiger partial charge in [0.05, 0.1) is 12.1 Å². The van der Waals surface area contributed by atoms with E-state index in [-0.39, 0.29) is 12.1 Å². The first-order valence-corrected chi connectivity index (χ1v) is 8.21. The van der Waals surface area contributed by atoms with E-state index in [1.54, 1.807) is 11.9 Å². The molecule has 0 aromatic carbocycles. The topological polar surface area (TPSA) is 83.3 Å². The number of aliphatic hydroxyl groups excluding tert-OH is 1. The third-order valence-corrected chi connectivity index (χ3v) is 4.51. The molecule has 1 saturated carbocycles. The number of nitrogens with zero attached hydrogens (tertiary/aromatic N) is 4. The molecule has 7 heteroatoms. The zero-order chi connectivity index (χ0) is 15.7. The quantitative estimate of drug-likeness (QED) is 0.853. The molecule has 1 aliphatic heterocycles. The number of hydrogen-bond donors (Lipinski definition) is 2. The monoisotopic (exact) mass is 307 g/mol. The van der Waals surface area contributed by atoms with Crippen molar-refractivity contribution >= 4 is 6.03 Å². The van der Waals surface area contributed by atoms with E-state index in [1.165, 1.54) is 0 Å². The Balaban J connectivity index is 1.60. The van der Waals surface area contributed by atoms with Gasteiger partial charge >= 0.3 is 6.03 Å². The van der Waals surface area contributed by atoms with Gasteiger partial charge in [0, 0.05) is 26.6 Å². The summed E-state index contributed by atoms with van der Waals surface area (Å²) in [4.78, 5) is 18.4. The summed E-state index contributed by atoms with van der Waals surface area (Å²) in [5, 5.41) is 17.4. The predicted molar refractivity (Wildman–Crippen MR) is 81.3 cm³/mol. The van der Waals surface area contributed by atoms with Crippen LogP contribution in [-0.4, -0.2) is 50.5 Å². The summed E-state index contributed by atoms with van der Waals surface area (Å²) >= 11 is 0. The molecule has 7 nitrogen and oxygen atoms in total. The van der Waals surface area contributed by atoms with Gasteiger partial charge in [-0.3, -0.25) is 0 Å². The van der Waals surface area contributed by atoms with Crippen LogP contribution in [-0.2, 0) is 13.0 Å². The molecule has 2 atom stereocenters. The Morgan fingerprint density at radius 2 is 2.27 bits per heavy atom. The van der Waals surface area contributed by atoms with Crippen molar-refractivity contribution < 1.29 is 9.90 Å². The minimum absolute atomic E-state index is 0.0884. The summed E-state index contributed by atoms with van der Waals surface area (Å²) in [5.41, 5.74) is 0. The van der Waals surface area contributed by atoms with Crippen molar-refractivity contribution in [2.24, 2.45) is 5.92 Å². The predicted octanol–water partition coefficient (Wildman–Crippen LogP) is 1.09. The summed E-state index contributed by atoms with van der Waals surface area (Å²) in [7, 11) is 1.73. The number of carbonyl (C=O) groups is 1. The lowest BCUT2D eigenvalue weighted by molar-refractivity contribution is 0.112. The Hall–Kier alpha value is -1.63. The van der Waals surface area contributed by atoms with Crippen molar-refractivity contribution in [1.29, 1.82) is 0 Å². The molecular weight excluding hydrogens is 282 g/mol. The molecule has 2 heterocycles. The molecule has 1 aromatic rings. The van der Waals surface area contributed by atoms with Crippen molar-refractivity contribution in [2.45, 2.75) is 57.7 Å². The number of hydrogen-bond acceptors (Lipinski definition) is 4. The normalized spacial score (nSPS) is 22.0. The molecule has 2 amide bonds. The Morgan fingerprint density at radius 1 is 1.50 bits per heavy atom. The highest BCUT2D eigenvalue weighted by molar-refractivity contribution is 5.74. The molecule has 2 N–H and O–H groups in total. The van der Waals surface area contributed by atoms with Gasteiger partial charge in [0.2, 0.25) is 0 Å². The fourth-order valence-corrected chi connectivity index (χ4v) is 2.94. The SMILES string of the molecule is CCc1nc2n(n1)CCCC2NC(=O)N(C)CC(O)C1CC1. The van der Waals surface area contributed by atoms with Crippen molar-refractivity contribution in [2.75, 3.05) is 13.6 Å². The highest BCUT2D eigenvalue weighted by Gasteiger charge is 2.32. The molecule has 2 unspecified atom stereocenters. The number of nitrogens with one attached hydrogen (secondary N) is 1. The van der Waals surface area contributed by atoms with E-state index in [0.717, 1.165) is 50.3 Å². The molecular formula is C15H25N5O2. The molecule has 3 rings (SSSR count). The smallest absolute Gasteiger partial charge is 0.317 e. The van der Waals surface area contributed by atoms with E-state index < -0.39 is 6.10 Å². The van der Waals surface area contributed by atoms with Crippen LogP contribution >= 0.6 is 0 Å². The number of rotatable bonds is 5. The lowest BCUT2D eigenvalue weighted by atomic mass is 10.1. The number of aliphatic hydroxyl groups is 1. The molecule has 22 heavy (non-hydrogen) atoms. The van der Waals surface area contributed by atoms with Gasteiger partial charge in [-0.2, -0.15) is 5.10 Å². The zero-order valence-electron chi connectivity index (χ0n) is 13.3. The fraction of sp³-hybridized carbons (Fsp3) is 0.800. The summed E-state index contributed by atoms with van der Waals surface area (Å²) in [6.45, 7) is 3.28. The van der Waals surface area contributed by atoms with Crippen LogP contribution in [0.15, 0.2) is 0 Å². The number of urea groups is 1. The lowest BCUT2D eigenvalue weighted by Gasteiger charge is -2.27. The average Bonchev–Trinajstić information content (AvgIpc) is 3.26. The molecule has 2 aliphatic rings. The molecule has 122 valence electrons. The maximum absolute atomic E-state index is 12.3. The summed E-state index contributed by atoms with van der Waals surface area (Å²) in [6, 6.07) is -0.242. The maximum Gasteiger partial charge on any atom is 0.317 e. The Kier molecular flexibility index (Phi) is 4.33. The van der Waals surface area contributed by atoms with Gasteiger partial charge in [0.1, 0.15) is 5.82 Å². The fourth-order valence-electron chi connectivity index (χ4n) is 2.94. The van der Waals surface area contributed by atoms with Crippen LogP contribution < -0.4 is 5.32 Å². The van der Waals surface area contributed by atoms with Crippen molar-refractivity contribution in [3.8, 4) is 0 Å². The van der Waals surface area contributed by atoms with Crippen LogP contribution in [0.25, 0.3) is 0 Å². The number of carbonyl (C=O) groups excluding carboxylic acids is 1. The molecule has 0 radical (unpaired) electrons. The van der Waals surface area contributed by atoms with Gasteiger partial charge in [-0.1, -0.05) is 6.92 Å². The second-order valence-corrected chi connectivity index (χ2v) is 6.39. The Labute approximate surface area is 130 Å². The molecule has 0 saturated heterocycles. The van der Waals surface area contributed by atoms with Gasteiger partial charge in [-0.25, -0.2) is 14.5 Å². The minimum Gasteiger partial charge on any atom is -0.391 e. The van der Waals surface area contributed by atoms with E-state index in [9.17, 15) is 9.90 Å². The Bertz CT molecular complexity index is 540. The Morgan fingerprint density at radius 3 is 2.95 bits per heavy atom. The zero-order valence-corrected chi connectivity index (χ0v) is 13.3. The first-order valence-electron chi connectivity index (χ1n) is 8.21. The van der Waals surface area contributed by atoms with Crippen LogP contribution in [0.1, 0.15) is 50.3 Å². The third-order valence-electron chi connectivity index (χ3n) is 4.51. The van der Waals surface area contributed by atoms with Gasteiger partial charge in [0.25, 0.3) is 0 Å². The van der Waals surface area contributed by atoms with Crippen molar-refractivity contribution in [3.63, 3.8) is 0 Å². The molecule has 0 spiro atoms. The van der Waals surface area contributed by atoms with Crippen LogP contribution in [0.5, 0.6) is 0 Å². The largest absolute Gasteiger partial charge is 0.391 e. The third kappa shape index (κ3) is 3.24. The van der Waals surface area contributed by atoms with Gasteiger partial charge < -0.3 is 15.3 Å². The second-order valence-electron chi connectivity index (χ2n) is 6.39. The summed E-state index contributed by atoms with van der Waals surface area (Å²) in [5.74, 6) is 2.06. The lowest BCUT2D eigenvalue weighted by Crippen LogP contribution is -2.44. The summed E-state index contributed by atoms with van der Waals surface area (Å²) in [6.07, 6.45) is 4.40. The number of aryl methyl sites for hydroxylation is 2. The van der Waals surface area contributed by atoms with Gasteiger partial charge in [-0.05, 0) is 31.6 Å². The van der Waals surface area contributed by atoms with Crippen LogP contribution in [0.2, 0.25) is 0 Å². The molecule has 1 aliphatic carbocycles. The average molecular weight is 307 g/mol. The minimum atomic E-state index is -0.405. The van der Waals surface area contributed by atoms with Crippen molar-refractivity contribution in [1.82, 2.24) is 25.0 Å². The standard InChI is InChI=1S/C15H25N5O2/c1-3-13-17-14-11(5-4-8-20(14)18-13)16-15(22)19(2)9-12(21)10-6-7-10/h10-12,21H,3-9H2,1-2H3,(H,16,22). The van der Waals surface area contributed by atoms with Crippen molar-refractivity contribution in [3.05, 3.63) is 11.6 Å². The van der Waals surface area contributed by atoms with Crippen LogP contribution in [0, 0.1) is 5.92 Å². The highest BCUT2D eigenvalue weighted by atomic mass is 16.3. The van der Waals surface area contributed by atoms with E-state index in [2.05, 4.69) is 15.4 Å². The summed E-state index contributed by atoms with van der Waals surface area (Å²) < 4.78 is 1.91. The maximum atomic E-state index is 12.3. The van der Waals surface area contributed by atoms with E-state index in [0.29, 0.717) is 12.5 Å². The first kappa shape index (κ1) is 15.3. The van der Waals surface area contributed by atoms with E-state index >= 15 is 0 Å². The molecule has 1 fully saturated rings. The second kappa shape index (κ2) is 6.24. The van der Waals surface area contributed by atoms with Crippen LogP contribution in [0.3, 0.4) is 0 Å². The molecule has 1 aromatic heterocycles. The van der Waals surface area contributed by atoms with Crippen LogP contribution in [0.4, 0.5) is 4.79 Å². The van der Waals surface area contributed by atoms with E-state index in [1.807, 2.05) is 11.6 Å².